The number of hydrogen-bond donors (Lipinski definition) is 0. The Balaban J connectivity index is 2.89. The summed E-state index contributed by atoms with van der Waals surface area (Å²) in [5.74, 6) is -3.38. The fourth-order valence-corrected chi connectivity index (χ4v) is 2.22. The molecule has 6 heteroatoms. The Bertz CT molecular complexity index is 457. The highest BCUT2D eigenvalue weighted by Crippen LogP contribution is 2.20. The Hall–Kier alpha value is -0.680. The van der Waals surface area contributed by atoms with E-state index in [2.05, 4.69) is 0 Å². The second-order valence-corrected chi connectivity index (χ2v) is 6.19. The minimum absolute atomic E-state index is 0.0347. The molecule has 0 aliphatic rings. The van der Waals surface area contributed by atoms with Crippen LogP contribution in [0.1, 0.15) is 18.9 Å². The molecular weight excluding hydrogens is 270 g/mol. The lowest BCUT2D eigenvalue weighted by Crippen LogP contribution is -2.11. The fraction of sp³-hybridized carbons (Fsp3) is 0.455. The highest BCUT2D eigenvalue weighted by molar-refractivity contribution is 7.91. The summed E-state index contributed by atoms with van der Waals surface area (Å²) in [5.41, 5.74) is 0.833. The van der Waals surface area contributed by atoms with Gasteiger partial charge in [-0.1, -0.05) is 19.1 Å². The molecule has 1 rings (SSSR count). The van der Waals surface area contributed by atoms with Crippen LogP contribution in [-0.4, -0.2) is 19.6 Å². The molecule has 2 nitrogen and oxygen atoms in total. The standard InChI is InChI=1S/C11H13ClF2O2S/c1-2-9(12)7-8-3-5-10(6-4-8)17(15,16)11(13)14/h3-6,9,11H,2,7H2,1H3. The van der Waals surface area contributed by atoms with Crippen molar-refractivity contribution in [3.05, 3.63) is 29.8 Å². The van der Waals surface area contributed by atoms with Crippen LogP contribution in [0.5, 0.6) is 0 Å². The van der Waals surface area contributed by atoms with Gasteiger partial charge in [0.15, 0.2) is 0 Å². The molecule has 1 atom stereocenters. The van der Waals surface area contributed by atoms with Crippen LogP contribution in [0, 0.1) is 0 Å². The van der Waals surface area contributed by atoms with E-state index >= 15 is 0 Å². The van der Waals surface area contributed by atoms with Gasteiger partial charge in [0.2, 0.25) is 9.84 Å². The van der Waals surface area contributed by atoms with Crippen molar-refractivity contribution < 1.29 is 17.2 Å². The van der Waals surface area contributed by atoms with Crippen molar-refractivity contribution in [3.63, 3.8) is 0 Å². The minimum atomic E-state index is -4.49. The Morgan fingerprint density at radius 3 is 2.18 bits per heavy atom. The zero-order valence-corrected chi connectivity index (χ0v) is 10.8. The number of rotatable bonds is 5. The van der Waals surface area contributed by atoms with E-state index in [4.69, 9.17) is 11.6 Å². The summed E-state index contributed by atoms with van der Waals surface area (Å²) in [7, 11) is -4.49. The predicted molar refractivity (Wildman–Crippen MR) is 63.3 cm³/mol. The maximum absolute atomic E-state index is 12.3. The number of benzene rings is 1. The number of hydrogen-bond acceptors (Lipinski definition) is 2. The third-order valence-electron chi connectivity index (χ3n) is 2.39. The Labute approximate surface area is 105 Å². The normalized spacial score (nSPS) is 13.9. The van der Waals surface area contributed by atoms with Gasteiger partial charge in [-0.05, 0) is 30.5 Å². The number of sulfone groups is 1. The average Bonchev–Trinajstić information content (AvgIpc) is 2.29. The molecule has 0 heterocycles. The van der Waals surface area contributed by atoms with Crippen molar-refractivity contribution in [2.75, 3.05) is 0 Å². The molecule has 0 saturated carbocycles. The van der Waals surface area contributed by atoms with E-state index in [0.717, 1.165) is 12.0 Å². The molecule has 1 aromatic carbocycles. The van der Waals surface area contributed by atoms with Crippen molar-refractivity contribution in [1.29, 1.82) is 0 Å². The Kier molecular flexibility index (Phi) is 4.89. The zero-order valence-electron chi connectivity index (χ0n) is 9.24. The second-order valence-electron chi connectivity index (χ2n) is 3.66. The molecule has 1 aromatic rings. The molecule has 0 bridgehead atoms. The smallest absolute Gasteiger partial charge is 0.218 e. The first-order valence-corrected chi connectivity index (χ1v) is 7.11. The van der Waals surface area contributed by atoms with Crippen molar-refractivity contribution in [2.24, 2.45) is 0 Å². The summed E-state index contributed by atoms with van der Waals surface area (Å²) in [4.78, 5) is -0.362. The van der Waals surface area contributed by atoms with Gasteiger partial charge < -0.3 is 0 Å². The van der Waals surface area contributed by atoms with Gasteiger partial charge in [-0.25, -0.2) is 8.42 Å². The number of alkyl halides is 3. The quantitative estimate of drug-likeness (QED) is 0.777. The summed E-state index contributed by atoms with van der Waals surface area (Å²) < 4.78 is 46.8. The van der Waals surface area contributed by atoms with Gasteiger partial charge in [-0.15, -0.1) is 11.6 Å². The minimum Gasteiger partial charge on any atom is -0.218 e. The van der Waals surface area contributed by atoms with Crippen molar-refractivity contribution >= 4 is 21.4 Å². The van der Waals surface area contributed by atoms with E-state index in [0.29, 0.717) is 6.42 Å². The monoisotopic (exact) mass is 282 g/mol. The summed E-state index contributed by atoms with van der Waals surface area (Å²) in [6.45, 7) is 1.94. The van der Waals surface area contributed by atoms with E-state index in [-0.39, 0.29) is 10.3 Å². The molecule has 0 aliphatic heterocycles. The fourth-order valence-electron chi connectivity index (χ4n) is 1.32. The molecule has 17 heavy (non-hydrogen) atoms. The molecule has 0 aliphatic carbocycles. The summed E-state index contributed by atoms with van der Waals surface area (Å²) in [5, 5.41) is -0.0347. The van der Waals surface area contributed by atoms with Crippen LogP contribution in [0.25, 0.3) is 0 Å². The molecule has 0 spiro atoms. The summed E-state index contributed by atoms with van der Waals surface area (Å²) in [6, 6.07) is 5.41. The van der Waals surface area contributed by atoms with Crippen LogP contribution in [0.3, 0.4) is 0 Å². The molecule has 0 aromatic heterocycles. The van der Waals surface area contributed by atoms with Gasteiger partial charge in [-0.2, -0.15) is 8.78 Å². The van der Waals surface area contributed by atoms with Gasteiger partial charge in [-0.3, -0.25) is 0 Å². The van der Waals surface area contributed by atoms with Gasteiger partial charge in [0.05, 0.1) is 4.90 Å². The van der Waals surface area contributed by atoms with Gasteiger partial charge in [0.1, 0.15) is 0 Å². The third-order valence-corrected chi connectivity index (χ3v) is 4.25. The van der Waals surface area contributed by atoms with Crippen LogP contribution in [0.15, 0.2) is 29.2 Å². The van der Waals surface area contributed by atoms with Crippen LogP contribution in [0.2, 0.25) is 0 Å². The lowest BCUT2D eigenvalue weighted by atomic mass is 10.1. The predicted octanol–water partition coefficient (Wildman–Crippen LogP) is 3.24. The summed E-state index contributed by atoms with van der Waals surface area (Å²) in [6.07, 6.45) is 1.38. The van der Waals surface area contributed by atoms with E-state index in [1.165, 1.54) is 24.3 Å². The largest absolute Gasteiger partial charge is 0.341 e. The van der Waals surface area contributed by atoms with Crippen molar-refractivity contribution in [3.8, 4) is 0 Å². The van der Waals surface area contributed by atoms with Crippen molar-refractivity contribution in [1.82, 2.24) is 0 Å². The first-order chi connectivity index (χ1) is 7.87. The van der Waals surface area contributed by atoms with E-state index in [1.807, 2.05) is 6.92 Å². The maximum atomic E-state index is 12.3. The zero-order chi connectivity index (χ0) is 13.1. The Morgan fingerprint density at radius 2 is 1.76 bits per heavy atom. The van der Waals surface area contributed by atoms with Gasteiger partial charge in [0, 0.05) is 5.38 Å². The van der Waals surface area contributed by atoms with E-state index < -0.39 is 15.6 Å². The molecule has 0 radical (unpaired) electrons. The lowest BCUT2D eigenvalue weighted by molar-refractivity contribution is 0.234. The molecule has 96 valence electrons. The molecule has 0 saturated heterocycles. The summed E-state index contributed by atoms with van der Waals surface area (Å²) >= 11 is 5.94. The number of halogens is 3. The lowest BCUT2D eigenvalue weighted by Gasteiger charge is -2.07. The molecule has 0 amide bonds. The highest BCUT2D eigenvalue weighted by Gasteiger charge is 2.26. The molecule has 0 fully saturated rings. The van der Waals surface area contributed by atoms with Crippen LogP contribution >= 0.6 is 11.6 Å². The molecule has 0 N–H and O–H groups in total. The first-order valence-electron chi connectivity index (χ1n) is 5.13. The van der Waals surface area contributed by atoms with Crippen LogP contribution < -0.4 is 0 Å². The topological polar surface area (TPSA) is 34.1 Å². The van der Waals surface area contributed by atoms with E-state index in [1.54, 1.807) is 0 Å². The van der Waals surface area contributed by atoms with E-state index in [9.17, 15) is 17.2 Å². The third kappa shape index (κ3) is 3.64. The van der Waals surface area contributed by atoms with Gasteiger partial charge in [0.25, 0.3) is 0 Å². The second kappa shape index (κ2) is 5.78. The SMILES string of the molecule is CCC(Cl)Cc1ccc(S(=O)(=O)C(F)F)cc1. The van der Waals surface area contributed by atoms with Crippen molar-refractivity contribution in [2.45, 2.75) is 35.8 Å². The van der Waals surface area contributed by atoms with Crippen LogP contribution in [-0.2, 0) is 16.3 Å². The van der Waals surface area contributed by atoms with Crippen LogP contribution in [0.4, 0.5) is 8.78 Å². The first kappa shape index (κ1) is 14.4. The maximum Gasteiger partial charge on any atom is 0.341 e. The van der Waals surface area contributed by atoms with Gasteiger partial charge >= 0.3 is 5.76 Å². The molecule has 1 unspecified atom stereocenters. The average molecular weight is 283 g/mol. The molecular formula is C11H13ClF2O2S. The Morgan fingerprint density at radius 1 is 1.24 bits per heavy atom. The highest BCUT2D eigenvalue weighted by atomic mass is 35.5.